The third kappa shape index (κ3) is 3.66. The monoisotopic (exact) mass is 379 g/mol. The smallest absolute Gasteiger partial charge is 0.410 e. The maximum Gasteiger partial charge on any atom is 0.410 e. The predicted molar refractivity (Wildman–Crippen MR) is 102 cm³/mol. The average molecular weight is 379 g/mol. The topological polar surface area (TPSA) is 93.1 Å². The Bertz CT molecular complexity index is 1010. The molecule has 0 bridgehead atoms. The van der Waals surface area contributed by atoms with E-state index in [1.165, 1.54) is 4.90 Å². The van der Waals surface area contributed by atoms with E-state index in [2.05, 4.69) is 15.0 Å². The van der Waals surface area contributed by atoms with Gasteiger partial charge in [0.05, 0.1) is 30.7 Å². The van der Waals surface area contributed by atoms with Crippen LogP contribution in [0.2, 0.25) is 0 Å². The van der Waals surface area contributed by atoms with Gasteiger partial charge in [-0.05, 0) is 12.5 Å². The van der Waals surface area contributed by atoms with Crippen LogP contribution in [0.25, 0.3) is 0 Å². The number of benzene rings is 1. The van der Waals surface area contributed by atoms with E-state index < -0.39 is 12.2 Å². The molecular formula is C20H21N5O3. The molecular weight excluding hydrogens is 358 g/mol. The third-order valence-electron chi connectivity index (χ3n) is 4.82. The van der Waals surface area contributed by atoms with E-state index in [-0.39, 0.29) is 12.1 Å². The van der Waals surface area contributed by atoms with Crippen molar-refractivity contribution in [3.05, 3.63) is 82.1 Å². The highest BCUT2D eigenvalue weighted by atomic mass is 16.6. The minimum Gasteiger partial charge on any atom is -0.438 e. The highest BCUT2D eigenvalue weighted by molar-refractivity contribution is 5.68. The second kappa shape index (κ2) is 7.67. The Morgan fingerprint density at radius 3 is 2.86 bits per heavy atom. The molecule has 2 aromatic heterocycles. The molecule has 0 fully saturated rings. The molecule has 28 heavy (non-hydrogen) atoms. The molecule has 4 rings (SSSR count). The van der Waals surface area contributed by atoms with Gasteiger partial charge in [-0.2, -0.15) is 0 Å². The number of amides is 1. The summed E-state index contributed by atoms with van der Waals surface area (Å²) in [6.07, 6.45) is 4.44. The number of nitrogens with zero attached hydrogens (tertiary/aromatic N) is 4. The molecule has 144 valence electrons. The fourth-order valence-electron chi connectivity index (χ4n) is 3.28. The number of nitrogens with one attached hydrogen (secondary N) is 1. The van der Waals surface area contributed by atoms with Gasteiger partial charge in [0.25, 0.3) is 5.56 Å². The predicted octanol–water partition coefficient (Wildman–Crippen LogP) is 2.27. The van der Waals surface area contributed by atoms with E-state index in [1.54, 1.807) is 30.2 Å². The van der Waals surface area contributed by atoms with Gasteiger partial charge in [-0.1, -0.05) is 30.3 Å². The van der Waals surface area contributed by atoms with Gasteiger partial charge in [0.1, 0.15) is 5.82 Å². The molecule has 8 heteroatoms. The number of aromatic amines is 1. The fourth-order valence-corrected chi connectivity index (χ4v) is 3.28. The molecule has 0 spiro atoms. The van der Waals surface area contributed by atoms with Gasteiger partial charge in [0, 0.05) is 25.4 Å². The number of fused-ring (bicyclic) bond motifs is 1. The Labute approximate surface area is 161 Å². The van der Waals surface area contributed by atoms with Crippen molar-refractivity contribution in [2.45, 2.75) is 32.5 Å². The van der Waals surface area contributed by atoms with Crippen molar-refractivity contribution in [3.8, 4) is 0 Å². The zero-order valence-corrected chi connectivity index (χ0v) is 15.5. The lowest BCUT2D eigenvalue weighted by Crippen LogP contribution is -2.41. The van der Waals surface area contributed by atoms with Crippen molar-refractivity contribution in [3.63, 3.8) is 0 Å². The van der Waals surface area contributed by atoms with Gasteiger partial charge in [0.2, 0.25) is 0 Å². The number of hydrogen-bond donors (Lipinski definition) is 1. The Kier molecular flexibility index (Phi) is 4.92. The lowest BCUT2D eigenvalue weighted by Gasteiger charge is -2.28. The van der Waals surface area contributed by atoms with E-state index in [0.717, 1.165) is 11.3 Å². The molecule has 0 radical (unpaired) electrons. The van der Waals surface area contributed by atoms with Crippen molar-refractivity contribution < 1.29 is 9.53 Å². The molecule has 0 saturated heterocycles. The summed E-state index contributed by atoms with van der Waals surface area (Å²) < 4.78 is 7.06. The second-order valence-electron chi connectivity index (χ2n) is 6.76. The Balaban J connectivity index is 1.50. The molecule has 0 saturated carbocycles. The minimum absolute atomic E-state index is 0.120. The SMILES string of the molecule is CC(OC(=O)N1CCc2ncn(Cc3ccccc3)c(=O)c2C1)c1ncc[nH]1. The van der Waals surface area contributed by atoms with Crippen LogP contribution in [0.4, 0.5) is 4.79 Å². The van der Waals surface area contributed by atoms with Crippen LogP contribution in [0.3, 0.4) is 0 Å². The van der Waals surface area contributed by atoms with Gasteiger partial charge in [0.15, 0.2) is 6.10 Å². The van der Waals surface area contributed by atoms with Crippen LogP contribution in [-0.2, 0) is 24.2 Å². The Hall–Kier alpha value is -3.42. The van der Waals surface area contributed by atoms with E-state index in [9.17, 15) is 9.59 Å². The molecule has 1 atom stereocenters. The minimum atomic E-state index is -0.493. The number of carbonyl (C=O) groups is 1. The molecule has 8 nitrogen and oxygen atoms in total. The lowest BCUT2D eigenvalue weighted by atomic mass is 10.1. The number of carbonyl (C=O) groups excluding carboxylic acids is 1. The van der Waals surface area contributed by atoms with Crippen LogP contribution in [0, 0.1) is 0 Å². The van der Waals surface area contributed by atoms with Gasteiger partial charge in [-0.25, -0.2) is 14.8 Å². The first-order chi connectivity index (χ1) is 13.6. The zero-order valence-electron chi connectivity index (χ0n) is 15.5. The van der Waals surface area contributed by atoms with Gasteiger partial charge < -0.3 is 14.6 Å². The Morgan fingerprint density at radius 1 is 1.29 bits per heavy atom. The summed E-state index contributed by atoms with van der Waals surface area (Å²) in [5.41, 5.74) is 2.20. The van der Waals surface area contributed by atoms with E-state index in [4.69, 9.17) is 4.74 Å². The van der Waals surface area contributed by atoms with Crippen molar-refractivity contribution in [2.24, 2.45) is 0 Å². The summed E-state index contributed by atoms with van der Waals surface area (Å²) in [6, 6.07) is 9.73. The number of H-pyrrole nitrogens is 1. The quantitative estimate of drug-likeness (QED) is 0.751. The molecule has 3 aromatic rings. The van der Waals surface area contributed by atoms with Crippen LogP contribution in [0.15, 0.2) is 53.8 Å². The maximum absolute atomic E-state index is 12.9. The fraction of sp³-hybridized carbons (Fsp3) is 0.300. The molecule has 1 N–H and O–H groups in total. The number of imidazole rings is 1. The number of aromatic nitrogens is 4. The summed E-state index contributed by atoms with van der Waals surface area (Å²) in [5.74, 6) is 0.581. The molecule has 1 unspecified atom stereocenters. The maximum atomic E-state index is 12.9. The van der Waals surface area contributed by atoms with E-state index in [1.807, 2.05) is 30.3 Å². The summed E-state index contributed by atoms with van der Waals surface area (Å²) in [6.45, 7) is 2.86. The normalized spacial score (nSPS) is 14.4. The van der Waals surface area contributed by atoms with Gasteiger partial charge in [-0.15, -0.1) is 0 Å². The first-order valence-corrected chi connectivity index (χ1v) is 9.18. The van der Waals surface area contributed by atoms with Gasteiger partial charge in [-0.3, -0.25) is 9.36 Å². The molecule has 1 aliphatic heterocycles. The van der Waals surface area contributed by atoms with Crippen LogP contribution in [-0.4, -0.2) is 37.1 Å². The summed E-state index contributed by atoms with van der Waals surface area (Å²) in [4.78, 5) is 38.5. The average Bonchev–Trinajstić information content (AvgIpc) is 3.26. The highest BCUT2D eigenvalue weighted by Crippen LogP contribution is 2.18. The van der Waals surface area contributed by atoms with Crippen LogP contribution < -0.4 is 5.56 Å². The van der Waals surface area contributed by atoms with Crippen LogP contribution in [0.1, 0.15) is 35.7 Å². The first kappa shape index (κ1) is 18.0. The first-order valence-electron chi connectivity index (χ1n) is 9.18. The summed E-state index contributed by atoms with van der Waals surface area (Å²) in [5, 5.41) is 0. The summed E-state index contributed by atoms with van der Waals surface area (Å²) in [7, 11) is 0. The van der Waals surface area contributed by atoms with Crippen molar-refractivity contribution in [1.29, 1.82) is 0 Å². The lowest BCUT2D eigenvalue weighted by molar-refractivity contribution is 0.0625. The van der Waals surface area contributed by atoms with Crippen LogP contribution >= 0.6 is 0 Å². The number of hydrogen-bond acceptors (Lipinski definition) is 5. The van der Waals surface area contributed by atoms with E-state index in [0.29, 0.717) is 30.9 Å². The molecule has 3 heterocycles. The van der Waals surface area contributed by atoms with E-state index >= 15 is 0 Å². The Morgan fingerprint density at radius 2 is 2.11 bits per heavy atom. The van der Waals surface area contributed by atoms with Crippen molar-refractivity contribution in [1.82, 2.24) is 24.4 Å². The standard InChI is InChI=1S/C20H21N5O3/c1-14(18-21-8-9-22-18)28-20(27)24-10-7-17-16(12-24)19(26)25(13-23-17)11-15-5-3-2-4-6-15/h2-6,8-9,13-14H,7,10-12H2,1H3,(H,21,22). The highest BCUT2D eigenvalue weighted by Gasteiger charge is 2.27. The number of rotatable bonds is 4. The largest absolute Gasteiger partial charge is 0.438 e. The summed E-state index contributed by atoms with van der Waals surface area (Å²) >= 11 is 0. The van der Waals surface area contributed by atoms with Crippen molar-refractivity contribution >= 4 is 6.09 Å². The van der Waals surface area contributed by atoms with Gasteiger partial charge >= 0.3 is 6.09 Å². The third-order valence-corrected chi connectivity index (χ3v) is 4.82. The molecule has 1 amide bonds. The second-order valence-corrected chi connectivity index (χ2v) is 6.76. The number of ether oxygens (including phenoxy) is 1. The molecule has 1 aromatic carbocycles. The molecule has 1 aliphatic rings. The van der Waals surface area contributed by atoms with Crippen LogP contribution in [0.5, 0.6) is 0 Å². The van der Waals surface area contributed by atoms with Crippen molar-refractivity contribution in [2.75, 3.05) is 6.54 Å². The zero-order chi connectivity index (χ0) is 19.5. The molecule has 0 aliphatic carbocycles.